The third kappa shape index (κ3) is 4.71. The van der Waals surface area contributed by atoms with Crippen molar-refractivity contribution >= 4 is 23.4 Å². The molecule has 0 aliphatic carbocycles. The molecule has 1 aromatic carbocycles. The highest BCUT2D eigenvalue weighted by atomic mass is 16.2. The molecule has 25 heavy (non-hydrogen) atoms. The van der Waals surface area contributed by atoms with Crippen LogP contribution in [0.3, 0.4) is 0 Å². The first-order valence-corrected chi connectivity index (χ1v) is 8.41. The summed E-state index contributed by atoms with van der Waals surface area (Å²) in [5.74, 6) is -0.810. The number of piperazine rings is 1. The highest BCUT2D eigenvalue weighted by molar-refractivity contribution is 5.88. The fraction of sp³-hybridized carbons (Fsp3) is 0.500. The van der Waals surface area contributed by atoms with Crippen LogP contribution >= 0.6 is 0 Å². The fourth-order valence-electron chi connectivity index (χ4n) is 3.01. The largest absolute Gasteiger partial charge is 0.374 e. The number of benzene rings is 1. The number of aryl methyl sites for hydroxylation is 1. The number of hydrogen-bond acceptors (Lipinski definition) is 4. The lowest BCUT2D eigenvalue weighted by Gasteiger charge is -2.39. The van der Waals surface area contributed by atoms with Gasteiger partial charge in [0.1, 0.15) is 6.04 Å². The summed E-state index contributed by atoms with van der Waals surface area (Å²) >= 11 is 0. The molecule has 0 aromatic heterocycles. The van der Waals surface area contributed by atoms with Crippen LogP contribution < -0.4 is 10.6 Å². The van der Waals surface area contributed by atoms with Gasteiger partial charge in [0.05, 0.1) is 6.54 Å². The van der Waals surface area contributed by atoms with Crippen LogP contribution in [0.1, 0.15) is 18.9 Å². The van der Waals surface area contributed by atoms with Gasteiger partial charge in [-0.15, -0.1) is 0 Å². The van der Waals surface area contributed by atoms with E-state index in [1.54, 1.807) is 4.90 Å². The van der Waals surface area contributed by atoms with Gasteiger partial charge in [0.25, 0.3) is 0 Å². The quantitative estimate of drug-likeness (QED) is 0.834. The van der Waals surface area contributed by atoms with Gasteiger partial charge in [0, 0.05) is 45.7 Å². The number of hydrogen-bond donors (Lipinski definition) is 1. The molecule has 1 aromatic rings. The average molecular weight is 346 g/mol. The topological polar surface area (TPSA) is 87.0 Å². The third-order valence-corrected chi connectivity index (χ3v) is 4.58. The lowest BCUT2D eigenvalue weighted by molar-refractivity contribution is -0.146. The Morgan fingerprint density at radius 1 is 1.28 bits per heavy atom. The second-order valence-corrected chi connectivity index (χ2v) is 6.48. The number of amides is 3. The number of primary amides is 1. The van der Waals surface area contributed by atoms with Gasteiger partial charge >= 0.3 is 0 Å². The average Bonchev–Trinajstić information content (AvgIpc) is 2.58. The van der Waals surface area contributed by atoms with Crippen LogP contribution in [0.4, 0.5) is 5.69 Å². The molecule has 1 heterocycles. The third-order valence-electron chi connectivity index (χ3n) is 4.58. The molecule has 1 aliphatic heterocycles. The SMILES string of the molecule is CC(=O)N1CCN(C(=O)CCN(C)c2cccc(C)c2)C(C(N)=O)C1. The van der Waals surface area contributed by atoms with Crippen molar-refractivity contribution in [2.75, 3.05) is 38.1 Å². The molecule has 1 fully saturated rings. The predicted molar refractivity (Wildman–Crippen MR) is 96.0 cm³/mol. The van der Waals surface area contributed by atoms with E-state index in [0.29, 0.717) is 19.6 Å². The Bertz CT molecular complexity index is 661. The molecule has 1 saturated heterocycles. The molecule has 0 bridgehead atoms. The maximum Gasteiger partial charge on any atom is 0.242 e. The van der Waals surface area contributed by atoms with Gasteiger partial charge in [-0.25, -0.2) is 0 Å². The Hall–Kier alpha value is -2.57. The first-order valence-electron chi connectivity index (χ1n) is 8.41. The Morgan fingerprint density at radius 2 is 2.00 bits per heavy atom. The monoisotopic (exact) mass is 346 g/mol. The van der Waals surface area contributed by atoms with Gasteiger partial charge in [0.15, 0.2) is 0 Å². The van der Waals surface area contributed by atoms with Crippen LogP contribution in [0.15, 0.2) is 24.3 Å². The number of carbonyl (C=O) groups excluding carboxylic acids is 3. The maximum absolute atomic E-state index is 12.6. The van der Waals surface area contributed by atoms with Crippen molar-refractivity contribution in [3.05, 3.63) is 29.8 Å². The number of nitrogens with two attached hydrogens (primary N) is 1. The van der Waals surface area contributed by atoms with Crippen LogP contribution in [0.25, 0.3) is 0 Å². The van der Waals surface area contributed by atoms with Gasteiger partial charge in [-0.2, -0.15) is 0 Å². The normalized spacial score (nSPS) is 17.3. The van der Waals surface area contributed by atoms with Gasteiger partial charge in [-0.1, -0.05) is 12.1 Å². The highest BCUT2D eigenvalue weighted by Gasteiger charge is 2.34. The minimum atomic E-state index is -0.755. The summed E-state index contributed by atoms with van der Waals surface area (Å²) in [7, 11) is 1.93. The molecule has 7 nitrogen and oxygen atoms in total. The van der Waals surface area contributed by atoms with Crippen molar-refractivity contribution in [3.63, 3.8) is 0 Å². The van der Waals surface area contributed by atoms with Gasteiger partial charge < -0.3 is 20.4 Å². The summed E-state index contributed by atoms with van der Waals surface area (Å²) in [4.78, 5) is 40.9. The van der Waals surface area contributed by atoms with Gasteiger partial charge in [-0.05, 0) is 24.6 Å². The Balaban J connectivity index is 1.97. The molecule has 2 rings (SSSR count). The smallest absolute Gasteiger partial charge is 0.242 e. The zero-order chi connectivity index (χ0) is 18.6. The molecule has 0 spiro atoms. The minimum Gasteiger partial charge on any atom is -0.374 e. The van der Waals surface area contributed by atoms with Crippen LogP contribution in [0.5, 0.6) is 0 Å². The Morgan fingerprint density at radius 3 is 2.60 bits per heavy atom. The Kier molecular flexibility index (Phi) is 6.01. The minimum absolute atomic E-state index is 0.113. The van der Waals surface area contributed by atoms with E-state index >= 15 is 0 Å². The van der Waals surface area contributed by atoms with Crippen molar-refractivity contribution in [1.29, 1.82) is 0 Å². The molecule has 1 aliphatic rings. The molecular formula is C18H26N4O3. The maximum atomic E-state index is 12.6. The Labute approximate surface area is 148 Å². The second-order valence-electron chi connectivity index (χ2n) is 6.48. The zero-order valence-electron chi connectivity index (χ0n) is 15.1. The first kappa shape index (κ1) is 18.8. The van der Waals surface area contributed by atoms with Crippen LogP contribution in [0.2, 0.25) is 0 Å². The molecular weight excluding hydrogens is 320 g/mol. The van der Waals surface area contributed by atoms with E-state index in [1.165, 1.54) is 11.8 Å². The summed E-state index contributed by atoms with van der Waals surface area (Å²) in [6, 6.07) is 7.30. The van der Waals surface area contributed by atoms with E-state index in [-0.39, 0.29) is 24.8 Å². The number of nitrogens with zero attached hydrogens (tertiary/aromatic N) is 3. The highest BCUT2D eigenvalue weighted by Crippen LogP contribution is 2.16. The van der Waals surface area contributed by atoms with Crippen molar-refractivity contribution in [1.82, 2.24) is 9.80 Å². The summed E-state index contributed by atoms with van der Waals surface area (Å²) in [5.41, 5.74) is 7.64. The van der Waals surface area contributed by atoms with E-state index in [2.05, 4.69) is 6.07 Å². The molecule has 7 heteroatoms. The standard InChI is InChI=1S/C18H26N4O3/c1-13-5-4-6-15(11-13)20(3)8-7-17(24)22-10-9-21(14(2)23)12-16(22)18(19)25/h4-6,11,16H,7-10,12H2,1-3H3,(H2,19,25). The summed E-state index contributed by atoms with van der Waals surface area (Å²) in [6.07, 6.45) is 0.286. The molecule has 3 amide bonds. The molecule has 1 unspecified atom stereocenters. The van der Waals surface area contributed by atoms with Gasteiger partial charge in [-0.3, -0.25) is 14.4 Å². The van der Waals surface area contributed by atoms with E-state index < -0.39 is 11.9 Å². The number of carbonyl (C=O) groups is 3. The van der Waals surface area contributed by atoms with E-state index in [9.17, 15) is 14.4 Å². The van der Waals surface area contributed by atoms with Crippen molar-refractivity contribution in [2.24, 2.45) is 5.73 Å². The fourth-order valence-corrected chi connectivity index (χ4v) is 3.01. The van der Waals surface area contributed by atoms with E-state index in [0.717, 1.165) is 11.3 Å². The lowest BCUT2D eigenvalue weighted by Crippen LogP contribution is -2.60. The van der Waals surface area contributed by atoms with Crippen LogP contribution in [-0.2, 0) is 14.4 Å². The predicted octanol–water partition coefficient (Wildman–Crippen LogP) is 0.366. The van der Waals surface area contributed by atoms with E-state index in [4.69, 9.17) is 5.73 Å². The second kappa shape index (κ2) is 8.00. The first-order chi connectivity index (χ1) is 11.8. The number of anilines is 1. The van der Waals surface area contributed by atoms with Crippen LogP contribution in [-0.4, -0.2) is 66.8 Å². The number of rotatable bonds is 5. The molecule has 2 N–H and O–H groups in total. The molecule has 1 atom stereocenters. The van der Waals surface area contributed by atoms with Crippen molar-refractivity contribution in [3.8, 4) is 0 Å². The van der Waals surface area contributed by atoms with Gasteiger partial charge in [0.2, 0.25) is 17.7 Å². The van der Waals surface area contributed by atoms with Crippen LogP contribution in [0, 0.1) is 6.92 Å². The zero-order valence-corrected chi connectivity index (χ0v) is 15.1. The lowest BCUT2D eigenvalue weighted by atomic mass is 10.1. The van der Waals surface area contributed by atoms with E-state index in [1.807, 2.05) is 37.1 Å². The molecule has 136 valence electrons. The summed E-state index contributed by atoms with van der Waals surface area (Å²) in [5, 5.41) is 0. The summed E-state index contributed by atoms with van der Waals surface area (Å²) < 4.78 is 0. The summed E-state index contributed by atoms with van der Waals surface area (Å²) in [6.45, 7) is 4.95. The molecule has 0 radical (unpaired) electrons. The van der Waals surface area contributed by atoms with Crippen molar-refractivity contribution in [2.45, 2.75) is 26.3 Å². The van der Waals surface area contributed by atoms with Crippen molar-refractivity contribution < 1.29 is 14.4 Å². The molecule has 0 saturated carbocycles.